The molecule has 0 amide bonds. The Balaban J connectivity index is 1.89. The van der Waals surface area contributed by atoms with Crippen molar-refractivity contribution in [2.75, 3.05) is 0 Å². The normalized spacial score (nSPS) is 14.4. The minimum Gasteiger partial charge on any atom is -0.296 e. The third-order valence-electron chi connectivity index (χ3n) is 3.37. The van der Waals surface area contributed by atoms with Crippen molar-refractivity contribution in [3.05, 3.63) is 61.2 Å². The summed E-state index contributed by atoms with van der Waals surface area (Å²) in [5.41, 5.74) is 0.686. The molecule has 0 atom stereocenters. The van der Waals surface area contributed by atoms with Crippen LogP contribution < -0.4 is 5.69 Å². The van der Waals surface area contributed by atoms with Gasteiger partial charge in [-0.1, -0.05) is 6.07 Å². The maximum absolute atomic E-state index is 12.1. The molecule has 0 bridgehead atoms. The molecular weight excluding hydrogens is 326 g/mol. The lowest BCUT2D eigenvalue weighted by Gasteiger charge is -2.03. The number of rotatable bonds is 4. The quantitative estimate of drug-likeness (QED) is 0.636. The van der Waals surface area contributed by atoms with Crippen LogP contribution in [0.1, 0.15) is 24.4 Å². The fourth-order valence-electron chi connectivity index (χ4n) is 2.17. The summed E-state index contributed by atoms with van der Waals surface area (Å²) < 4.78 is 3.74. The van der Waals surface area contributed by atoms with Crippen LogP contribution in [0.25, 0.3) is 0 Å². The van der Waals surface area contributed by atoms with Crippen molar-refractivity contribution in [1.82, 2.24) is 9.13 Å². The van der Waals surface area contributed by atoms with E-state index in [1.807, 2.05) is 0 Å². The molecule has 0 saturated heterocycles. The highest BCUT2D eigenvalue weighted by Crippen LogP contribution is 2.33. The third-order valence-corrected chi connectivity index (χ3v) is 4.04. The summed E-state index contributed by atoms with van der Waals surface area (Å²) in [6.45, 7) is 0.340. The van der Waals surface area contributed by atoms with Crippen LogP contribution in [0.5, 0.6) is 0 Å². The second-order valence-corrected chi connectivity index (χ2v) is 5.74. The molecule has 104 valence electrons. The Hall–Kier alpha value is -1.89. The fourth-order valence-corrected chi connectivity index (χ4v) is 2.56. The van der Waals surface area contributed by atoms with Gasteiger partial charge in [0.1, 0.15) is 0 Å². The van der Waals surface area contributed by atoms with E-state index < -0.39 is 4.92 Å². The number of nitrogens with zero attached hydrogens (tertiary/aromatic N) is 3. The molecule has 7 heteroatoms. The summed E-state index contributed by atoms with van der Waals surface area (Å²) in [6, 6.07) is 5.24. The summed E-state index contributed by atoms with van der Waals surface area (Å²) in [4.78, 5) is 22.6. The molecule has 3 rings (SSSR count). The Kier molecular flexibility index (Phi) is 3.21. The molecule has 1 heterocycles. The zero-order valence-corrected chi connectivity index (χ0v) is 12.1. The van der Waals surface area contributed by atoms with Crippen LogP contribution in [0, 0.1) is 10.1 Å². The molecule has 1 aromatic carbocycles. The lowest BCUT2D eigenvalue weighted by atomic mass is 10.2. The van der Waals surface area contributed by atoms with Crippen LogP contribution in [0.3, 0.4) is 0 Å². The van der Waals surface area contributed by atoms with Crippen molar-refractivity contribution in [3.63, 3.8) is 0 Å². The minimum atomic E-state index is -0.439. The first kappa shape index (κ1) is 13.1. The average Bonchev–Trinajstić information content (AvgIpc) is 3.18. The van der Waals surface area contributed by atoms with E-state index in [1.165, 1.54) is 6.07 Å². The number of nitro benzene ring substituents is 1. The zero-order valence-electron chi connectivity index (χ0n) is 10.5. The Morgan fingerprint density at radius 2 is 2.10 bits per heavy atom. The lowest BCUT2D eigenvalue weighted by Crippen LogP contribution is -2.23. The van der Waals surface area contributed by atoms with Gasteiger partial charge in [0.15, 0.2) is 0 Å². The van der Waals surface area contributed by atoms with E-state index in [4.69, 9.17) is 0 Å². The molecule has 6 nitrogen and oxygen atoms in total. The molecule has 0 spiro atoms. The molecule has 0 radical (unpaired) electrons. The number of aromatic nitrogens is 2. The van der Waals surface area contributed by atoms with Gasteiger partial charge in [-0.25, -0.2) is 4.79 Å². The second-order valence-electron chi connectivity index (χ2n) is 4.89. The van der Waals surface area contributed by atoms with Crippen LogP contribution in [0.2, 0.25) is 0 Å². The molecular formula is C13H12BrN3O3. The van der Waals surface area contributed by atoms with E-state index in [0.29, 0.717) is 17.1 Å². The Morgan fingerprint density at radius 1 is 1.35 bits per heavy atom. The predicted octanol–water partition coefficient (Wildman–Crippen LogP) is 2.70. The summed E-state index contributed by atoms with van der Waals surface area (Å²) in [7, 11) is 0. The van der Waals surface area contributed by atoms with Crippen LogP contribution >= 0.6 is 15.9 Å². The molecule has 1 saturated carbocycles. The number of benzene rings is 1. The number of imidazole rings is 1. The van der Waals surface area contributed by atoms with Crippen molar-refractivity contribution >= 4 is 21.6 Å². The first-order valence-corrected chi connectivity index (χ1v) is 7.05. The van der Waals surface area contributed by atoms with Gasteiger partial charge in [-0.2, -0.15) is 0 Å². The summed E-state index contributed by atoms with van der Waals surface area (Å²) in [5.74, 6) is 0. The summed E-state index contributed by atoms with van der Waals surface area (Å²) in [6.07, 6.45) is 5.61. The van der Waals surface area contributed by atoms with E-state index in [-0.39, 0.29) is 11.4 Å². The fraction of sp³-hybridized carbons (Fsp3) is 0.308. The largest absolute Gasteiger partial charge is 0.328 e. The number of hydrogen-bond donors (Lipinski definition) is 0. The average molecular weight is 338 g/mol. The number of halogens is 1. The Labute approximate surface area is 122 Å². The van der Waals surface area contributed by atoms with E-state index in [2.05, 4.69) is 15.9 Å². The monoisotopic (exact) mass is 337 g/mol. The van der Waals surface area contributed by atoms with Gasteiger partial charge < -0.3 is 0 Å². The van der Waals surface area contributed by atoms with Gasteiger partial charge in [0.2, 0.25) is 0 Å². The van der Waals surface area contributed by atoms with Gasteiger partial charge in [-0.15, -0.1) is 0 Å². The van der Waals surface area contributed by atoms with Gasteiger partial charge in [0, 0.05) is 24.5 Å². The van der Waals surface area contributed by atoms with Crippen LogP contribution in [-0.2, 0) is 6.54 Å². The van der Waals surface area contributed by atoms with Crippen LogP contribution in [-0.4, -0.2) is 14.1 Å². The highest BCUT2D eigenvalue weighted by Gasteiger charge is 2.25. The summed E-state index contributed by atoms with van der Waals surface area (Å²) >= 11 is 3.15. The molecule has 0 unspecified atom stereocenters. The lowest BCUT2D eigenvalue weighted by molar-refractivity contribution is -0.385. The zero-order chi connectivity index (χ0) is 14.3. The first-order valence-electron chi connectivity index (χ1n) is 6.26. The van der Waals surface area contributed by atoms with Gasteiger partial charge in [-0.05, 0) is 40.4 Å². The number of hydrogen-bond acceptors (Lipinski definition) is 3. The van der Waals surface area contributed by atoms with Crippen molar-refractivity contribution in [2.24, 2.45) is 0 Å². The molecule has 1 aliphatic rings. The van der Waals surface area contributed by atoms with Crippen LogP contribution in [0.15, 0.2) is 39.9 Å². The Bertz CT molecular complexity index is 731. The SMILES string of the molecule is O=c1n(Cc2ccc(Br)c([N+](=O)[O-])c2)ccn1C1CC1. The van der Waals surface area contributed by atoms with Gasteiger partial charge in [0.05, 0.1) is 15.9 Å². The number of nitro groups is 1. The minimum absolute atomic E-state index is 0.0113. The van der Waals surface area contributed by atoms with Crippen LogP contribution in [0.4, 0.5) is 5.69 Å². The molecule has 1 aliphatic carbocycles. The molecule has 0 N–H and O–H groups in total. The van der Waals surface area contributed by atoms with E-state index >= 15 is 0 Å². The molecule has 2 aromatic rings. The predicted molar refractivity (Wildman–Crippen MR) is 76.9 cm³/mol. The second kappa shape index (κ2) is 4.90. The van der Waals surface area contributed by atoms with Gasteiger partial charge in [0.25, 0.3) is 5.69 Å². The smallest absolute Gasteiger partial charge is 0.296 e. The van der Waals surface area contributed by atoms with Crippen molar-refractivity contribution in [1.29, 1.82) is 0 Å². The maximum Gasteiger partial charge on any atom is 0.328 e. The van der Waals surface area contributed by atoms with E-state index in [9.17, 15) is 14.9 Å². The molecule has 1 aromatic heterocycles. The topological polar surface area (TPSA) is 70.1 Å². The van der Waals surface area contributed by atoms with Gasteiger partial charge in [-0.3, -0.25) is 19.2 Å². The van der Waals surface area contributed by atoms with Crippen molar-refractivity contribution in [2.45, 2.75) is 25.4 Å². The maximum atomic E-state index is 12.1. The first-order chi connectivity index (χ1) is 9.56. The molecule has 0 aliphatic heterocycles. The molecule has 1 fully saturated rings. The molecule has 20 heavy (non-hydrogen) atoms. The summed E-state index contributed by atoms with van der Waals surface area (Å²) in [5, 5.41) is 10.9. The van der Waals surface area contributed by atoms with E-state index in [0.717, 1.165) is 18.4 Å². The van der Waals surface area contributed by atoms with Gasteiger partial charge >= 0.3 is 5.69 Å². The Morgan fingerprint density at radius 3 is 2.75 bits per heavy atom. The third kappa shape index (κ3) is 2.40. The highest BCUT2D eigenvalue weighted by molar-refractivity contribution is 9.10. The van der Waals surface area contributed by atoms with Crippen molar-refractivity contribution in [3.8, 4) is 0 Å². The highest BCUT2D eigenvalue weighted by atomic mass is 79.9. The van der Waals surface area contributed by atoms with Crippen molar-refractivity contribution < 1.29 is 4.92 Å². The van der Waals surface area contributed by atoms with E-state index in [1.54, 1.807) is 33.7 Å². The standard InChI is InChI=1S/C13H12BrN3O3/c14-11-4-1-9(7-12(11)17(19)20)8-15-5-6-16(13(15)18)10-2-3-10/h1,4-7,10H,2-3,8H2.